The van der Waals surface area contributed by atoms with E-state index in [1.54, 1.807) is 0 Å². The summed E-state index contributed by atoms with van der Waals surface area (Å²) in [4.78, 5) is 27.4. The summed E-state index contributed by atoms with van der Waals surface area (Å²) in [6.07, 6.45) is 0.506. The monoisotopic (exact) mass is 183 g/mol. The highest BCUT2D eigenvalue weighted by molar-refractivity contribution is 5.92. The van der Waals surface area contributed by atoms with Gasteiger partial charge in [0.05, 0.1) is 12.3 Å². The van der Waals surface area contributed by atoms with Crippen LogP contribution >= 0.6 is 0 Å². The molecule has 0 aliphatic rings. The lowest BCUT2D eigenvalue weighted by Crippen LogP contribution is -2.14. The number of aromatic nitrogens is 2. The number of carbonyl (C=O) groups excluding carboxylic acids is 2. The highest BCUT2D eigenvalue weighted by Gasteiger charge is 2.13. The minimum absolute atomic E-state index is 0.0453. The van der Waals surface area contributed by atoms with E-state index in [0.717, 1.165) is 0 Å². The number of amides is 1. The number of primary amides is 1. The van der Waals surface area contributed by atoms with E-state index in [9.17, 15) is 9.59 Å². The summed E-state index contributed by atoms with van der Waals surface area (Å²) in [6.45, 7) is 0.166. The van der Waals surface area contributed by atoms with Gasteiger partial charge < -0.3 is 15.5 Å². The Morgan fingerprint density at radius 1 is 1.77 bits per heavy atom. The zero-order valence-corrected chi connectivity index (χ0v) is 7.03. The molecule has 0 spiro atoms. The quantitative estimate of drug-likeness (QED) is 0.613. The maximum absolute atomic E-state index is 10.8. The second kappa shape index (κ2) is 3.81. The molecular formula is C7H9N3O3. The van der Waals surface area contributed by atoms with Crippen LogP contribution in [0.1, 0.15) is 26.8 Å². The number of aldehydes is 1. The van der Waals surface area contributed by atoms with Crippen molar-refractivity contribution in [2.75, 3.05) is 7.11 Å². The molecule has 1 aromatic rings. The minimum Gasteiger partial charge on any atom is -0.378 e. The topological polar surface area (TPSA) is 98.1 Å². The Morgan fingerprint density at radius 3 is 2.92 bits per heavy atom. The molecule has 1 heterocycles. The van der Waals surface area contributed by atoms with Gasteiger partial charge in [-0.15, -0.1) is 0 Å². The Bertz CT molecular complexity index is 332. The number of nitrogens with one attached hydrogen (secondary N) is 1. The number of nitrogens with two attached hydrogens (primary N) is 1. The molecule has 0 radical (unpaired) electrons. The first-order valence-electron chi connectivity index (χ1n) is 3.51. The third-order valence-corrected chi connectivity index (χ3v) is 1.43. The predicted octanol–water partition coefficient (Wildman–Crippen LogP) is -0.532. The Balaban J connectivity index is 3.07. The zero-order chi connectivity index (χ0) is 9.84. The molecule has 0 saturated carbocycles. The van der Waals surface area contributed by atoms with Crippen molar-refractivity contribution < 1.29 is 14.3 Å². The molecule has 1 aromatic heterocycles. The van der Waals surface area contributed by atoms with Gasteiger partial charge in [0, 0.05) is 7.11 Å². The van der Waals surface area contributed by atoms with Gasteiger partial charge in [-0.3, -0.25) is 9.59 Å². The molecule has 6 nitrogen and oxygen atoms in total. The number of rotatable bonds is 4. The van der Waals surface area contributed by atoms with E-state index in [1.807, 2.05) is 0 Å². The van der Waals surface area contributed by atoms with Crippen molar-refractivity contribution >= 4 is 12.2 Å². The Kier molecular flexibility index (Phi) is 2.76. The van der Waals surface area contributed by atoms with E-state index in [4.69, 9.17) is 10.5 Å². The van der Waals surface area contributed by atoms with Crippen molar-refractivity contribution in [2.45, 2.75) is 6.61 Å². The maximum Gasteiger partial charge on any atom is 0.269 e. The number of hydrogen-bond donors (Lipinski definition) is 2. The van der Waals surface area contributed by atoms with Crippen LogP contribution in [0.15, 0.2) is 0 Å². The number of H-pyrrole nitrogens is 1. The molecule has 6 heteroatoms. The molecule has 1 rings (SSSR count). The van der Waals surface area contributed by atoms with Gasteiger partial charge in [0.1, 0.15) is 0 Å². The molecule has 0 aliphatic carbocycles. The summed E-state index contributed by atoms with van der Waals surface area (Å²) in [5.74, 6) is -0.614. The average Bonchev–Trinajstić information content (AvgIpc) is 2.48. The van der Waals surface area contributed by atoms with E-state index >= 15 is 0 Å². The smallest absolute Gasteiger partial charge is 0.269 e. The van der Waals surface area contributed by atoms with Gasteiger partial charge in [-0.25, -0.2) is 4.98 Å². The lowest BCUT2D eigenvalue weighted by Gasteiger charge is -1.95. The highest BCUT2D eigenvalue weighted by Crippen LogP contribution is 2.05. The summed E-state index contributed by atoms with van der Waals surface area (Å²) in [5.41, 5.74) is 5.48. The van der Waals surface area contributed by atoms with Crippen LogP contribution in [0.2, 0.25) is 0 Å². The van der Waals surface area contributed by atoms with E-state index in [1.165, 1.54) is 7.11 Å². The Labute approximate surface area is 74.1 Å². The highest BCUT2D eigenvalue weighted by atomic mass is 16.5. The van der Waals surface area contributed by atoms with Crippen molar-refractivity contribution in [3.8, 4) is 0 Å². The van der Waals surface area contributed by atoms with Crippen LogP contribution in [0.25, 0.3) is 0 Å². The van der Waals surface area contributed by atoms with Crippen LogP contribution in [0, 0.1) is 0 Å². The number of nitrogens with zero attached hydrogens (tertiary/aromatic N) is 1. The summed E-state index contributed by atoms with van der Waals surface area (Å²) in [7, 11) is 1.46. The SMILES string of the molecule is COCc1[nH]c(C=O)nc1C(N)=O. The second-order valence-corrected chi connectivity index (χ2v) is 2.36. The van der Waals surface area contributed by atoms with Gasteiger partial charge in [-0.05, 0) is 0 Å². The average molecular weight is 183 g/mol. The summed E-state index contributed by atoms with van der Waals surface area (Å²) >= 11 is 0. The standard InChI is InChI=1S/C7H9N3O3/c1-13-3-4-6(7(8)12)10-5(2-11)9-4/h2H,3H2,1H3,(H2,8,12)(H,9,10). The van der Waals surface area contributed by atoms with E-state index in [-0.39, 0.29) is 18.1 Å². The molecule has 0 bridgehead atoms. The van der Waals surface area contributed by atoms with Crippen LogP contribution in [-0.4, -0.2) is 29.3 Å². The molecule has 0 fully saturated rings. The fourth-order valence-corrected chi connectivity index (χ4v) is 0.938. The lowest BCUT2D eigenvalue weighted by atomic mass is 10.3. The predicted molar refractivity (Wildman–Crippen MR) is 43.2 cm³/mol. The van der Waals surface area contributed by atoms with Gasteiger partial charge in [-0.2, -0.15) is 0 Å². The summed E-state index contributed by atoms with van der Waals surface area (Å²) < 4.78 is 4.78. The summed E-state index contributed by atoms with van der Waals surface area (Å²) in [6, 6.07) is 0. The minimum atomic E-state index is -0.684. The van der Waals surface area contributed by atoms with Gasteiger partial charge in [0.2, 0.25) is 0 Å². The fraction of sp³-hybridized carbons (Fsp3) is 0.286. The first-order valence-corrected chi connectivity index (χ1v) is 3.51. The first-order chi connectivity index (χ1) is 6.19. The number of methoxy groups -OCH3 is 1. The van der Waals surface area contributed by atoms with E-state index < -0.39 is 5.91 Å². The van der Waals surface area contributed by atoms with Crippen molar-refractivity contribution in [1.29, 1.82) is 0 Å². The molecule has 70 valence electrons. The molecular weight excluding hydrogens is 174 g/mol. The van der Waals surface area contributed by atoms with Gasteiger partial charge >= 0.3 is 0 Å². The van der Waals surface area contributed by atoms with Gasteiger partial charge in [0.25, 0.3) is 5.91 Å². The number of ether oxygens (including phenoxy) is 1. The lowest BCUT2D eigenvalue weighted by molar-refractivity contribution is 0.0990. The van der Waals surface area contributed by atoms with E-state index in [2.05, 4.69) is 9.97 Å². The number of carbonyl (C=O) groups is 2. The van der Waals surface area contributed by atoms with Crippen LogP contribution in [0.4, 0.5) is 0 Å². The third-order valence-electron chi connectivity index (χ3n) is 1.43. The van der Waals surface area contributed by atoms with Gasteiger partial charge in [0.15, 0.2) is 17.8 Å². The van der Waals surface area contributed by atoms with Crippen LogP contribution in [0.3, 0.4) is 0 Å². The fourth-order valence-electron chi connectivity index (χ4n) is 0.938. The molecule has 0 saturated heterocycles. The largest absolute Gasteiger partial charge is 0.378 e. The van der Waals surface area contributed by atoms with Crippen LogP contribution in [0.5, 0.6) is 0 Å². The van der Waals surface area contributed by atoms with Crippen molar-refractivity contribution in [1.82, 2.24) is 9.97 Å². The molecule has 0 atom stereocenters. The molecule has 3 N–H and O–H groups in total. The van der Waals surface area contributed by atoms with Gasteiger partial charge in [-0.1, -0.05) is 0 Å². The van der Waals surface area contributed by atoms with Crippen molar-refractivity contribution in [3.63, 3.8) is 0 Å². The molecule has 0 aromatic carbocycles. The maximum atomic E-state index is 10.8. The number of hydrogen-bond acceptors (Lipinski definition) is 4. The third kappa shape index (κ3) is 1.91. The van der Waals surface area contributed by atoms with Crippen molar-refractivity contribution in [3.05, 3.63) is 17.2 Å². The molecule has 13 heavy (non-hydrogen) atoms. The molecule has 1 amide bonds. The number of aromatic amines is 1. The Hall–Kier alpha value is -1.69. The summed E-state index contributed by atoms with van der Waals surface area (Å²) in [5, 5.41) is 0. The normalized spacial score (nSPS) is 9.92. The Morgan fingerprint density at radius 2 is 2.46 bits per heavy atom. The van der Waals surface area contributed by atoms with E-state index in [0.29, 0.717) is 12.0 Å². The van der Waals surface area contributed by atoms with Crippen LogP contribution < -0.4 is 5.73 Å². The molecule has 0 unspecified atom stereocenters. The van der Waals surface area contributed by atoms with Crippen LogP contribution in [-0.2, 0) is 11.3 Å². The number of imidazole rings is 1. The first kappa shape index (κ1) is 9.40. The van der Waals surface area contributed by atoms with Crippen molar-refractivity contribution in [2.24, 2.45) is 5.73 Å². The second-order valence-electron chi connectivity index (χ2n) is 2.36. The zero-order valence-electron chi connectivity index (χ0n) is 7.03. The molecule has 0 aliphatic heterocycles.